The predicted octanol–water partition coefficient (Wildman–Crippen LogP) is 3.65. The van der Waals surface area contributed by atoms with Crippen molar-refractivity contribution in [1.29, 1.82) is 0 Å². The minimum absolute atomic E-state index is 0.0151. The molecule has 3 heterocycles. The number of methoxy groups -OCH3 is 1. The van der Waals surface area contributed by atoms with E-state index in [9.17, 15) is 4.79 Å². The van der Waals surface area contributed by atoms with E-state index in [0.29, 0.717) is 17.8 Å². The molecule has 6 aliphatic rings. The zero-order valence-electron chi connectivity index (χ0n) is 16.7. The van der Waals surface area contributed by atoms with Crippen LogP contribution in [0.1, 0.15) is 66.2 Å². The van der Waals surface area contributed by atoms with Gasteiger partial charge in [-0.15, -0.1) is 0 Å². The van der Waals surface area contributed by atoms with E-state index in [1.807, 2.05) is 0 Å². The number of carbonyl (C=O) groups is 1. The van der Waals surface area contributed by atoms with Crippen LogP contribution in [0, 0.1) is 28.6 Å². The van der Waals surface area contributed by atoms with Crippen molar-refractivity contribution in [3.8, 4) is 0 Å². The van der Waals surface area contributed by atoms with Crippen molar-refractivity contribution >= 4 is 5.97 Å². The molecule has 2 bridgehead atoms. The molecule has 0 N–H and O–H groups in total. The van der Waals surface area contributed by atoms with Gasteiger partial charge >= 0.3 is 5.97 Å². The smallest absolute Gasteiger partial charge is 0.311 e. The molecule has 3 aliphatic carbocycles. The van der Waals surface area contributed by atoms with Gasteiger partial charge in [0.25, 0.3) is 0 Å². The summed E-state index contributed by atoms with van der Waals surface area (Å²) >= 11 is 0. The summed E-state index contributed by atoms with van der Waals surface area (Å²) in [5, 5.41) is 0. The van der Waals surface area contributed by atoms with E-state index < -0.39 is 0 Å². The SMILES string of the molecule is COC(=O)[C@]1(C)CCC[C@@]2(C)[C@H]3C[C@@H]4OO[C@@]3(CC[C@H]21)[C@@H]1O[C@@]41C(C)C. The minimum Gasteiger partial charge on any atom is -0.469 e. The number of carbonyl (C=O) groups excluding carboxylic acids is 1. The number of hydrogen-bond acceptors (Lipinski definition) is 5. The first-order chi connectivity index (χ1) is 12.3. The lowest BCUT2D eigenvalue weighted by Gasteiger charge is -2.65. The van der Waals surface area contributed by atoms with Crippen molar-refractivity contribution < 1.29 is 24.0 Å². The van der Waals surface area contributed by atoms with Gasteiger partial charge in [-0.05, 0) is 56.3 Å². The molecule has 0 aromatic carbocycles. The molecule has 6 rings (SSSR count). The zero-order valence-corrected chi connectivity index (χ0v) is 16.7. The highest BCUT2D eigenvalue weighted by molar-refractivity contribution is 5.77. The summed E-state index contributed by atoms with van der Waals surface area (Å²) in [5.41, 5.74) is -0.812. The molecule has 0 aromatic rings. The maximum atomic E-state index is 12.7. The molecule has 3 aliphatic heterocycles. The maximum absolute atomic E-state index is 12.7. The van der Waals surface area contributed by atoms with Crippen molar-refractivity contribution in [2.24, 2.45) is 28.6 Å². The molecule has 3 saturated heterocycles. The molecule has 5 heteroatoms. The van der Waals surface area contributed by atoms with E-state index in [-0.39, 0.29) is 40.2 Å². The third-order valence-electron chi connectivity index (χ3n) is 9.13. The summed E-state index contributed by atoms with van der Waals surface area (Å²) in [6.45, 7) is 8.99. The van der Waals surface area contributed by atoms with Gasteiger partial charge in [-0.25, -0.2) is 9.78 Å². The fraction of sp³-hybridized carbons (Fsp3) is 0.952. The van der Waals surface area contributed by atoms with E-state index in [4.69, 9.17) is 19.2 Å². The topological polar surface area (TPSA) is 57.3 Å². The van der Waals surface area contributed by atoms with Crippen molar-refractivity contribution in [3.05, 3.63) is 0 Å². The molecule has 8 atom stereocenters. The Morgan fingerprint density at radius 1 is 1.15 bits per heavy atom. The Bertz CT molecular complexity index is 648. The van der Waals surface area contributed by atoms with Gasteiger partial charge in [-0.2, -0.15) is 0 Å². The normalized spacial score (nSPS) is 57.2. The van der Waals surface area contributed by atoms with Crippen molar-refractivity contribution in [2.75, 3.05) is 7.11 Å². The van der Waals surface area contributed by atoms with Crippen LogP contribution in [0.3, 0.4) is 0 Å². The van der Waals surface area contributed by atoms with Gasteiger partial charge in [0.15, 0.2) is 0 Å². The van der Waals surface area contributed by atoms with Crippen LogP contribution < -0.4 is 0 Å². The van der Waals surface area contributed by atoms with Crippen LogP contribution in [0.5, 0.6) is 0 Å². The predicted molar refractivity (Wildman–Crippen MR) is 94.0 cm³/mol. The van der Waals surface area contributed by atoms with Gasteiger partial charge in [-0.1, -0.05) is 27.2 Å². The van der Waals surface area contributed by atoms with E-state index >= 15 is 0 Å². The lowest BCUT2D eigenvalue weighted by Crippen LogP contribution is -2.71. The fourth-order valence-corrected chi connectivity index (χ4v) is 7.85. The Labute approximate surface area is 156 Å². The van der Waals surface area contributed by atoms with Crippen LogP contribution in [0.4, 0.5) is 0 Å². The van der Waals surface area contributed by atoms with E-state index in [1.54, 1.807) is 0 Å². The number of hydrogen-bond donors (Lipinski definition) is 0. The molecule has 26 heavy (non-hydrogen) atoms. The Morgan fingerprint density at radius 3 is 2.62 bits per heavy atom. The highest BCUT2D eigenvalue weighted by Crippen LogP contribution is 2.73. The summed E-state index contributed by atoms with van der Waals surface area (Å²) in [5.74, 6) is 1.11. The van der Waals surface area contributed by atoms with Crippen molar-refractivity contribution in [1.82, 2.24) is 0 Å². The average molecular weight is 364 g/mol. The summed E-state index contributed by atoms with van der Waals surface area (Å²) in [6, 6.07) is 0. The summed E-state index contributed by atoms with van der Waals surface area (Å²) in [7, 11) is 1.53. The molecule has 3 saturated carbocycles. The van der Waals surface area contributed by atoms with Crippen LogP contribution in [0.25, 0.3) is 0 Å². The molecular formula is C21H32O5. The first-order valence-electron chi connectivity index (χ1n) is 10.4. The Kier molecular flexibility index (Phi) is 3.38. The van der Waals surface area contributed by atoms with E-state index in [0.717, 1.165) is 38.5 Å². The molecule has 0 amide bonds. The van der Waals surface area contributed by atoms with Crippen LogP contribution >= 0.6 is 0 Å². The van der Waals surface area contributed by atoms with E-state index in [2.05, 4.69) is 27.7 Å². The Morgan fingerprint density at radius 2 is 1.92 bits per heavy atom. The minimum atomic E-state index is -0.388. The molecule has 6 fully saturated rings. The second kappa shape index (κ2) is 5.03. The summed E-state index contributed by atoms with van der Waals surface area (Å²) in [6.07, 6.45) is 6.18. The van der Waals surface area contributed by atoms with Crippen molar-refractivity contribution in [3.63, 3.8) is 0 Å². The first kappa shape index (κ1) is 17.4. The number of fused-ring (bicyclic) bond motifs is 2. The third kappa shape index (κ3) is 1.72. The zero-order chi connectivity index (χ0) is 18.5. The van der Waals surface area contributed by atoms with Gasteiger partial charge < -0.3 is 9.47 Å². The monoisotopic (exact) mass is 364 g/mol. The molecule has 146 valence electrons. The second-order valence-electron chi connectivity index (χ2n) is 10.3. The van der Waals surface area contributed by atoms with Gasteiger partial charge in [0.2, 0.25) is 0 Å². The van der Waals surface area contributed by atoms with Gasteiger partial charge in [0.1, 0.15) is 23.4 Å². The number of esters is 1. The van der Waals surface area contributed by atoms with Gasteiger partial charge in [-0.3, -0.25) is 4.79 Å². The number of rotatable bonds is 2. The van der Waals surface area contributed by atoms with Crippen molar-refractivity contribution in [2.45, 2.75) is 89.6 Å². The standard InChI is InChI=1S/C21H32O5/c1-12(2)21-15-11-14-18(3)8-6-9-19(4,17(22)23-5)13(18)7-10-20(14,26-25-15)16(21)24-21/h12-16H,6-11H2,1-5H3/t13-,14-,15+,16+,18-,19-,20-,21+/m1/s1. The van der Waals surface area contributed by atoms with Crippen LogP contribution in [0.2, 0.25) is 0 Å². The molecule has 1 spiro atoms. The molecule has 0 aromatic heterocycles. The fourth-order valence-electron chi connectivity index (χ4n) is 7.85. The number of ether oxygens (including phenoxy) is 2. The van der Waals surface area contributed by atoms with Crippen LogP contribution in [0.15, 0.2) is 0 Å². The highest BCUT2D eigenvalue weighted by atomic mass is 17.2. The summed E-state index contributed by atoms with van der Waals surface area (Å²) < 4.78 is 11.6. The summed E-state index contributed by atoms with van der Waals surface area (Å²) in [4.78, 5) is 24.7. The second-order valence-corrected chi connectivity index (χ2v) is 10.3. The highest BCUT2D eigenvalue weighted by Gasteiger charge is 2.83. The lowest BCUT2D eigenvalue weighted by atomic mass is 9.42. The number of epoxide rings is 1. The first-order valence-corrected chi connectivity index (χ1v) is 10.4. The molecule has 0 radical (unpaired) electrons. The maximum Gasteiger partial charge on any atom is 0.311 e. The quantitative estimate of drug-likeness (QED) is 0.425. The van der Waals surface area contributed by atoms with Crippen LogP contribution in [-0.4, -0.2) is 36.5 Å². The molecule has 5 nitrogen and oxygen atoms in total. The van der Waals surface area contributed by atoms with Gasteiger partial charge in [0, 0.05) is 5.92 Å². The third-order valence-corrected chi connectivity index (χ3v) is 9.13. The van der Waals surface area contributed by atoms with E-state index in [1.165, 1.54) is 7.11 Å². The lowest BCUT2D eigenvalue weighted by molar-refractivity contribution is -0.466. The average Bonchev–Trinajstić information content (AvgIpc) is 3.40. The van der Waals surface area contributed by atoms with Gasteiger partial charge in [0.05, 0.1) is 12.5 Å². The Balaban J connectivity index is 1.54. The van der Waals surface area contributed by atoms with Crippen LogP contribution in [-0.2, 0) is 24.0 Å². The largest absolute Gasteiger partial charge is 0.469 e. The Hall–Kier alpha value is -0.650. The molecule has 0 unspecified atom stereocenters. The molecular weight excluding hydrogens is 332 g/mol.